The molecule has 0 aliphatic carbocycles. The van der Waals surface area contributed by atoms with Crippen LogP contribution in [0.3, 0.4) is 0 Å². The largest absolute Gasteiger partial charge is 0.384 e. The summed E-state index contributed by atoms with van der Waals surface area (Å²) in [6, 6.07) is 4.20. The van der Waals surface area contributed by atoms with E-state index >= 15 is 0 Å². The van der Waals surface area contributed by atoms with Crippen LogP contribution in [0.1, 0.15) is 29.5 Å². The van der Waals surface area contributed by atoms with Crippen LogP contribution < -0.4 is 0 Å². The quantitative estimate of drug-likeness (QED) is 0.846. The second-order valence-corrected chi connectivity index (χ2v) is 6.28. The molecule has 3 nitrogen and oxygen atoms in total. The Morgan fingerprint density at radius 1 is 1.40 bits per heavy atom. The molecule has 1 saturated heterocycles. The van der Waals surface area contributed by atoms with Gasteiger partial charge in [0.15, 0.2) is 0 Å². The lowest BCUT2D eigenvalue weighted by Gasteiger charge is -2.28. The average molecular weight is 293 g/mol. The second kappa shape index (κ2) is 8.43. The average Bonchev–Trinajstić information content (AvgIpc) is 2.93. The van der Waals surface area contributed by atoms with Gasteiger partial charge in [-0.05, 0) is 37.4 Å². The highest BCUT2D eigenvalue weighted by Gasteiger charge is 2.17. The van der Waals surface area contributed by atoms with Gasteiger partial charge in [-0.1, -0.05) is 18.8 Å². The van der Waals surface area contributed by atoms with Crippen LogP contribution in [-0.4, -0.2) is 42.9 Å². The van der Waals surface area contributed by atoms with Crippen molar-refractivity contribution in [3.05, 3.63) is 21.9 Å². The molecule has 20 heavy (non-hydrogen) atoms. The van der Waals surface area contributed by atoms with E-state index in [1.807, 2.05) is 6.07 Å². The van der Waals surface area contributed by atoms with Gasteiger partial charge in [-0.25, -0.2) is 0 Å². The van der Waals surface area contributed by atoms with Crippen molar-refractivity contribution in [3.63, 3.8) is 0 Å². The van der Waals surface area contributed by atoms with Crippen LogP contribution >= 0.6 is 11.3 Å². The van der Waals surface area contributed by atoms with Gasteiger partial charge in [-0.15, -0.1) is 11.3 Å². The zero-order valence-electron chi connectivity index (χ0n) is 12.1. The number of aliphatic hydroxyl groups excluding tert-OH is 1. The molecule has 0 saturated carbocycles. The number of nitrogens with zero attached hydrogens (tertiary/aromatic N) is 1. The van der Waals surface area contributed by atoms with Crippen molar-refractivity contribution >= 4 is 11.3 Å². The molecule has 0 amide bonds. The third kappa shape index (κ3) is 4.92. The number of ether oxygens (including phenoxy) is 1. The fourth-order valence-electron chi connectivity index (χ4n) is 2.48. The van der Waals surface area contributed by atoms with Crippen LogP contribution in [0, 0.1) is 17.8 Å². The Balaban J connectivity index is 1.87. The molecule has 1 aliphatic rings. The van der Waals surface area contributed by atoms with Gasteiger partial charge in [0.2, 0.25) is 0 Å². The Labute approximate surface area is 125 Å². The fourth-order valence-corrected chi connectivity index (χ4v) is 3.40. The predicted octanol–water partition coefficient (Wildman–Crippen LogP) is 2.34. The van der Waals surface area contributed by atoms with Crippen LogP contribution in [0.2, 0.25) is 0 Å². The van der Waals surface area contributed by atoms with E-state index in [4.69, 9.17) is 9.84 Å². The molecule has 0 aromatic carbocycles. The molecule has 110 valence electrons. The first-order valence-corrected chi connectivity index (χ1v) is 8.12. The van der Waals surface area contributed by atoms with E-state index in [0.717, 1.165) is 43.6 Å². The third-order valence-corrected chi connectivity index (χ3v) is 4.62. The van der Waals surface area contributed by atoms with Gasteiger partial charge >= 0.3 is 0 Å². The maximum atomic E-state index is 8.71. The van der Waals surface area contributed by atoms with Gasteiger partial charge < -0.3 is 9.84 Å². The monoisotopic (exact) mass is 293 g/mol. The van der Waals surface area contributed by atoms with E-state index in [-0.39, 0.29) is 6.61 Å². The van der Waals surface area contributed by atoms with Crippen molar-refractivity contribution in [1.82, 2.24) is 4.90 Å². The Morgan fingerprint density at radius 2 is 2.20 bits per heavy atom. The zero-order chi connectivity index (χ0) is 14.2. The third-order valence-electron chi connectivity index (χ3n) is 3.64. The Kier molecular flexibility index (Phi) is 6.55. The van der Waals surface area contributed by atoms with E-state index in [1.54, 1.807) is 11.3 Å². The van der Waals surface area contributed by atoms with Crippen molar-refractivity contribution in [1.29, 1.82) is 0 Å². The number of hydrogen-bond donors (Lipinski definition) is 1. The zero-order valence-corrected chi connectivity index (χ0v) is 12.9. The number of hydrogen-bond acceptors (Lipinski definition) is 4. The molecule has 1 aliphatic heterocycles. The first-order valence-electron chi connectivity index (χ1n) is 7.30. The van der Waals surface area contributed by atoms with E-state index in [0.29, 0.717) is 0 Å². The van der Waals surface area contributed by atoms with Gasteiger partial charge in [0.1, 0.15) is 6.61 Å². The first kappa shape index (κ1) is 15.5. The van der Waals surface area contributed by atoms with Gasteiger partial charge in [-0.3, -0.25) is 4.90 Å². The Morgan fingerprint density at radius 3 is 2.90 bits per heavy atom. The molecule has 0 spiro atoms. The summed E-state index contributed by atoms with van der Waals surface area (Å²) in [7, 11) is 0. The second-order valence-electron chi connectivity index (χ2n) is 5.11. The smallest absolute Gasteiger partial charge is 0.104 e. The van der Waals surface area contributed by atoms with Crippen LogP contribution in [0.15, 0.2) is 12.1 Å². The number of aliphatic hydroxyl groups is 1. The van der Waals surface area contributed by atoms with Crippen molar-refractivity contribution in [2.24, 2.45) is 5.92 Å². The molecule has 1 fully saturated rings. The van der Waals surface area contributed by atoms with E-state index in [2.05, 4.69) is 29.7 Å². The number of rotatable bonds is 5. The standard InChI is InChI=1S/C16H23NO2S/c1-2-17(12-14-7-10-19-11-8-14)13-16-6-5-15(20-16)4-3-9-18/h5-6,14,18H,2,7-13H2,1H3. The SMILES string of the molecule is CCN(Cc1ccc(C#CCO)s1)CC1CCOCC1. The summed E-state index contributed by atoms with van der Waals surface area (Å²) < 4.78 is 5.42. The van der Waals surface area contributed by atoms with Crippen molar-refractivity contribution in [2.45, 2.75) is 26.3 Å². The van der Waals surface area contributed by atoms with Crippen molar-refractivity contribution in [2.75, 3.05) is 32.9 Å². The summed E-state index contributed by atoms with van der Waals surface area (Å²) in [5.41, 5.74) is 0. The molecule has 1 aromatic rings. The van der Waals surface area contributed by atoms with E-state index < -0.39 is 0 Å². The van der Waals surface area contributed by atoms with Gasteiger partial charge in [0, 0.05) is 31.2 Å². The summed E-state index contributed by atoms with van der Waals surface area (Å²) in [5, 5.41) is 8.71. The maximum absolute atomic E-state index is 8.71. The molecule has 0 unspecified atom stereocenters. The molecule has 1 N–H and O–H groups in total. The number of thiophene rings is 1. The lowest BCUT2D eigenvalue weighted by atomic mass is 10.00. The summed E-state index contributed by atoms with van der Waals surface area (Å²) >= 11 is 1.73. The summed E-state index contributed by atoms with van der Waals surface area (Å²) in [6.45, 7) is 7.23. The molecule has 0 bridgehead atoms. The summed E-state index contributed by atoms with van der Waals surface area (Å²) in [6.07, 6.45) is 2.38. The topological polar surface area (TPSA) is 32.7 Å². The van der Waals surface area contributed by atoms with Crippen LogP contribution in [-0.2, 0) is 11.3 Å². The van der Waals surface area contributed by atoms with E-state index in [1.165, 1.54) is 17.7 Å². The highest BCUT2D eigenvalue weighted by atomic mass is 32.1. The minimum absolute atomic E-state index is 0.0714. The normalized spacial score (nSPS) is 16.1. The van der Waals surface area contributed by atoms with Gasteiger partial charge in [0.25, 0.3) is 0 Å². The summed E-state index contributed by atoms with van der Waals surface area (Å²) in [5.74, 6) is 6.45. The van der Waals surface area contributed by atoms with Crippen LogP contribution in [0.5, 0.6) is 0 Å². The Hall–Kier alpha value is -0.860. The highest BCUT2D eigenvalue weighted by Crippen LogP contribution is 2.20. The molecule has 2 heterocycles. The Bertz CT molecular complexity index is 455. The van der Waals surface area contributed by atoms with Gasteiger partial charge in [0.05, 0.1) is 4.88 Å². The van der Waals surface area contributed by atoms with E-state index in [9.17, 15) is 0 Å². The van der Waals surface area contributed by atoms with Crippen molar-refractivity contribution in [3.8, 4) is 11.8 Å². The lowest BCUT2D eigenvalue weighted by Crippen LogP contribution is -2.31. The molecule has 0 radical (unpaired) electrons. The molecule has 4 heteroatoms. The molecular weight excluding hydrogens is 270 g/mol. The summed E-state index contributed by atoms with van der Waals surface area (Å²) in [4.78, 5) is 4.89. The predicted molar refractivity (Wildman–Crippen MR) is 82.8 cm³/mol. The minimum atomic E-state index is -0.0714. The lowest BCUT2D eigenvalue weighted by molar-refractivity contribution is 0.0523. The minimum Gasteiger partial charge on any atom is -0.384 e. The molecule has 1 aromatic heterocycles. The van der Waals surface area contributed by atoms with Crippen molar-refractivity contribution < 1.29 is 9.84 Å². The molecular formula is C16H23NO2S. The van der Waals surface area contributed by atoms with Crippen LogP contribution in [0.25, 0.3) is 0 Å². The highest BCUT2D eigenvalue weighted by molar-refractivity contribution is 7.12. The fraction of sp³-hybridized carbons (Fsp3) is 0.625. The van der Waals surface area contributed by atoms with Crippen LogP contribution in [0.4, 0.5) is 0 Å². The molecule has 0 atom stereocenters. The maximum Gasteiger partial charge on any atom is 0.104 e. The first-order chi connectivity index (χ1) is 9.81. The van der Waals surface area contributed by atoms with Gasteiger partial charge in [-0.2, -0.15) is 0 Å². The molecule has 2 rings (SSSR count).